The van der Waals surface area contributed by atoms with Crippen LogP contribution in [-0.4, -0.2) is 38.9 Å². The maximum atomic E-state index is 12.3. The lowest BCUT2D eigenvalue weighted by atomic mass is 10.0. The van der Waals surface area contributed by atoms with Crippen molar-refractivity contribution in [3.05, 3.63) is 65.7 Å². The second kappa shape index (κ2) is 10.7. The van der Waals surface area contributed by atoms with Gasteiger partial charge in [-0.2, -0.15) is 5.10 Å². The van der Waals surface area contributed by atoms with Crippen molar-refractivity contribution in [2.24, 2.45) is 5.10 Å². The number of hydrogen-bond donors (Lipinski definition) is 2. The SMILES string of the molecule is CCOC(=O)N[C@H](CC(=O)N/N=C\c1ccc(N(C)C)cc1)c1ccccc1. The molecule has 1 atom stereocenters. The molecule has 0 fully saturated rings. The van der Waals surface area contributed by atoms with Crippen molar-refractivity contribution in [3.63, 3.8) is 0 Å². The average Bonchev–Trinajstić information content (AvgIpc) is 2.69. The summed E-state index contributed by atoms with van der Waals surface area (Å²) in [6, 6.07) is 16.5. The van der Waals surface area contributed by atoms with Gasteiger partial charge in [0, 0.05) is 19.8 Å². The van der Waals surface area contributed by atoms with Crippen LogP contribution in [0, 0.1) is 0 Å². The quantitative estimate of drug-likeness (QED) is 0.543. The van der Waals surface area contributed by atoms with E-state index in [0.717, 1.165) is 16.8 Å². The van der Waals surface area contributed by atoms with Crippen molar-refractivity contribution in [3.8, 4) is 0 Å². The molecule has 0 saturated heterocycles. The summed E-state index contributed by atoms with van der Waals surface area (Å²) in [5.41, 5.74) is 5.27. The van der Waals surface area contributed by atoms with Gasteiger partial charge in [0.15, 0.2) is 0 Å². The van der Waals surface area contributed by atoms with Gasteiger partial charge < -0.3 is 15.0 Å². The predicted octanol–water partition coefficient (Wildman–Crippen LogP) is 3.08. The van der Waals surface area contributed by atoms with E-state index in [1.165, 1.54) is 0 Å². The Bertz CT molecular complexity index is 789. The normalized spacial score (nSPS) is 11.7. The minimum Gasteiger partial charge on any atom is -0.450 e. The molecule has 0 radical (unpaired) electrons. The number of benzene rings is 2. The number of carbonyl (C=O) groups excluding carboxylic acids is 2. The number of nitrogens with one attached hydrogen (secondary N) is 2. The molecule has 0 aromatic heterocycles. The number of hydrogen-bond acceptors (Lipinski definition) is 5. The van der Waals surface area contributed by atoms with Gasteiger partial charge in [0.05, 0.1) is 25.3 Å². The first-order valence-corrected chi connectivity index (χ1v) is 9.07. The average molecular weight is 382 g/mol. The van der Waals surface area contributed by atoms with Crippen LogP contribution in [0.2, 0.25) is 0 Å². The molecule has 0 aliphatic rings. The van der Waals surface area contributed by atoms with Crippen LogP contribution in [0.15, 0.2) is 59.7 Å². The standard InChI is InChI=1S/C21H26N4O3/c1-4-28-21(27)23-19(17-8-6-5-7-9-17)14-20(26)24-22-15-16-10-12-18(13-11-16)25(2)3/h5-13,15,19H,4,14H2,1-3H3,(H,23,27)(H,24,26)/b22-15-/t19-/m1/s1. The Morgan fingerprint density at radius 3 is 2.39 bits per heavy atom. The third-order valence-corrected chi connectivity index (χ3v) is 3.97. The first-order valence-electron chi connectivity index (χ1n) is 9.07. The molecule has 2 aromatic carbocycles. The number of hydrazone groups is 1. The van der Waals surface area contributed by atoms with Gasteiger partial charge in [-0.05, 0) is 30.2 Å². The third kappa shape index (κ3) is 6.75. The van der Waals surface area contributed by atoms with E-state index in [9.17, 15) is 9.59 Å². The molecule has 7 heteroatoms. The van der Waals surface area contributed by atoms with E-state index in [4.69, 9.17) is 4.74 Å². The number of ether oxygens (including phenoxy) is 1. The minimum absolute atomic E-state index is 0.0414. The molecule has 2 rings (SSSR count). The van der Waals surface area contributed by atoms with Crippen LogP contribution in [-0.2, 0) is 9.53 Å². The van der Waals surface area contributed by atoms with Crippen LogP contribution >= 0.6 is 0 Å². The lowest BCUT2D eigenvalue weighted by molar-refractivity contribution is -0.121. The van der Waals surface area contributed by atoms with Gasteiger partial charge in [0.1, 0.15) is 0 Å². The molecule has 0 spiro atoms. The number of alkyl carbamates (subject to hydrolysis) is 1. The molecule has 0 aliphatic carbocycles. The topological polar surface area (TPSA) is 83.0 Å². The highest BCUT2D eigenvalue weighted by molar-refractivity contribution is 5.83. The molecule has 0 aliphatic heterocycles. The van der Waals surface area contributed by atoms with Crippen LogP contribution in [0.4, 0.5) is 10.5 Å². The summed E-state index contributed by atoms with van der Waals surface area (Å²) in [5, 5.41) is 6.71. The molecule has 0 saturated carbocycles. The Balaban J connectivity index is 1.95. The van der Waals surface area contributed by atoms with Crippen molar-refractivity contribution in [1.82, 2.24) is 10.7 Å². The Labute approximate surface area is 165 Å². The largest absolute Gasteiger partial charge is 0.450 e. The van der Waals surface area contributed by atoms with Gasteiger partial charge in [-0.3, -0.25) is 4.79 Å². The molecule has 0 heterocycles. The third-order valence-electron chi connectivity index (χ3n) is 3.97. The lowest BCUT2D eigenvalue weighted by Crippen LogP contribution is -2.33. The van der Waals surface area contributed by atoms with E-state index in [2.05, 4.69) is 15.8 Å². The number of nitrogens with zero attached hydrogens (tertiary/aromatic N) is 2. The van der Waals surface area contributed by atoms with Crippen molar-refractivity contribution in [2.45, 2.75) is 19.4 Å². The van der Waals surface area contributed by atoms with Crippen LogP contribution in [0.3, 0.4) is 0 Å². The maximum Gasteiger partial charge on any atom is 0.407 e. The van der Waals surface area contributed by atoms with Crippen LogP contribution < -0.4 is 15.6 Å². The van der Waals surface area contributed by atoms with Gasteiger partial charge in [0.2, 0.25) is 5.91 Å². The highest BCUT2D eigenvalue weighted by Gasteiger charge is 2.18. The fourth-order valence-corrected chi connectivity index (χ4v) is 2.52. The van der Waals surface area contributed by atoms with Crippen LogP contribution in [0.5, 0.6) is 0 Å². The molecule has 148 valence electrons. The van der Waals surface area contributed by atoms with E-state index in [1.54, 1.807) is 13.1 Å². The van der Waals surface area contributed by atoms with E-state index in [0.29, 0.717) is 0 Å². The summed E-state index contributed by atoms with van der Waals surface area (Å²) in [4.78, 5) is 26.1. The van der Waals surface area contributed by atoms with E-state index < -0.39 is 12.1 Å². The predicted molar refractivity (Wildman–Crippen MR) is 110 cm³/mol. The van der Waals surface area contributed by atoms with Crippen molar-refractivity contribution >= 4 is 23.9 Å². The zero-order chi connectivity index (χ0) is 20.4. The molecule has 28 heavy (non-hydrogen) atoms. The number of carbonyl (C=O) groups is 2. The van der Waals surface area contributed by atoms with Gasteiger partial charge in [-0.25, -0.2) is 10.2 Å². The smallest absolute Gasteiger partial charge is 0.407 e. The van der Waals surface area contributed by atoms with Gasteiger partial charge in [-0.15, -0.1) is 0 Å². The molecular formula is C21H26N4O3. The lowest BCUT2D eigenvalue weighted by Gasteiger charge is -2.18. The molecular weight excluding hydrogens is 356 g/mol. The van der Waals surface area contributed by atoms with E-state index in [1.807, 2.05) is 73.6 Å². The fraction of sp³-hybridized carbons (Fsp3) is 0.286. The molecule has 2 aromatic rings. The summed E-state index contributed by atoms with van der Waals surface area (Å²) in [6.07, 6.45) is 1.06. The molecule has 7 nitrogen and oxygen atoms in total. The highest BCUT2D eigenvalue weighted by Crippen LogP contribution is 2.16. The summed E-state index contributed by atoms with van der Waals surface area (Å²) in [7, 11) is 3.94. The minimum atomic E-state index is -0.561. The van der Waals surface area contributed by atoms with Gasteiger partial charge >= 0.3 is 6.09 Å². The van der Waals surface area contributed by atoms with Crippen LogP contribution in [0.1, 0.15) is 30.5 Å². The Hall–Kier alpha value is -3.35. The van der Waals surface area contributed by atoms with Crippen LogP contribution in [0.25, 0.3) is 0 Å². The zero-order valence-corrected chi connectivity index (χ0v) is 16.4. The number of anilines is 1. The van der Waals surface area contributed by atoms with E-state index >= 15 is 0 Å². The summed E-state index contributed by atoms with van der Waals surface area (Å²) in [5.74, 6) is -0.313. The molecule has 2 N–H and O–H groups in total. The summed E-state index contributed by atoms with van der Waals surface area (Å²) in [6.45, 7) is 1.99. The monoisotopic (exact) mass is 382 g/mol. The Kier molecular flexibility index (Phi) is 8.02. The van der Waals surface area contributed by atoms with Gasteiger partial charge in [-0.1, -0.05) is 42.5 Å². The first-order chi connectivity index (χ1) is 13.5. The van der Waals surface area contributed by atoms with Crippen molar-refractivity contribution < 1.29 is 14.3 Å². The Morgan fingerprint density at radius 1 is 1.11 bits per heavy atom. The highest BCUT2D eigenvalue weighted by atomic mass is 16.5. The van der Waals surface area contributed by atoms with E-state index in [-0.39, 0.29) is 18.9 Å². The summed E-state index contributed by atoms with van der Waals surface area (Å²) >= 11 is 0. The summed E-state index contributed by atoms with van der Waals surface area (Å²) < 4.78 is 4.93. The fourth-order valence-electron chi connectivity index (χ4n) is 2.52. The zero-order valence-electron chi connectivity index (χ0n) is 16.4. The van der Waals surface area contributed by atoms with Crippen molar-refractivity contribution in [2.75, 3.05) is 25.6 Å². The second-order valence-electron chi connectivity index (χ2n) is 6.31. The molecule has 2 amide bonds. The van der Waals surface area contributed by atoms with Crippen molar-refractivity contribution in [1.29, 1.82) is 0 Å². The number of rotatable bonds is 8. The second-order valence-corrected chi connectivity index (χ2v) is 6.31. The first kappa shape index (κ1) is 21.0. The number of amides is 2. The van der Waals surface area contributed by atoms with Gasteiger partial charge in [0.25, 0.3) is 0 Å². The molecule has 0 unspecified atom stereocenters. The Morgan fingerprint density at radius 2 is 1.79 bits per heavy atom. The molecule has 0 bridgehead atoms. The maximum absolute atomic E-state index is 12.3.